The summed E-state index contributed by atoms with van der Waals surface area (Å²) in [6.07, 6.45) is 4.76. The van der Waals surface area contributed by atoms with E-state index in [1.807, 2.05) is 11.8 Å². The van der Waals surface area contributed by atoms with Crippen LogP contribution < -0.4 is 5.32 Å². The van der Waals surface area contributed by atoms with Gasteiger partial charge in [0.1, 0.15) is 0 Å². The number of nitrogens with one attached hydrogen (secondary N) is 1. The van der Waals surface area contributed by atoms with Crippen LogP contribution in [-0.2, 0) is 0 Å². The molecule has 92 valence electrons. The lowest BCUT2D eigenvalue weighted by Gasteiger charge is -2.30. The minimum Gasteiger partial charge on any atom is -0.317 e. The minimum atomic E-state index is 0.689. The fraction of sp³-hybridized carbons (Fsp3) is 1.00. The molecule has 1 N–H and O–H groups in total. The fourth-order valence-electron chi connectivity index (χ4n) is 1.70. The number of nitrogens with zero attached hydrogens (tertiary/aromatic N) is 1. The van der Waals surface area contributed by atoms with Gasteiger partial charge in [0.05, 0.1) is 0 Å². The molecule has 0 radical (unpaired) electrons. The average Bonchev–Trinajstić information content (AvgIpc) is 2.23. The third kappa shape index (κ3) is 7.20. The van der Waals surface area contributed by atoms with Crippen molar-refractivity contribution in [2.75, 3.05) is 32.1 Å². The van der Waals surface area contributed by atoms with Crippen molar-refractivity contribution in [1.82, 2.24) is 10.2 Å². The summed E-state index contributed by atoms with van der Waals surface area (Å²) in [6, 6.07) is 1.39. The summed E-state index contributed by atoms with van der Waals surface area (Å²) in [5, 5.41) is 3.37. The van der Waals surface area contributed by atoms with Crippen LogP contribution in [0.1, 0.15) is 33.6 Å². The maximum absolute atomic E-state index is 3.37. The maximum Gasteiger partial charge on any atom is 0.0157 e. The first kappa shape index (κ1) is 15.3. The van der Waals surface area contributed by atoms with Crippen LogP contribution in [0.25, 0.3) is 0 Å². The molecule has 2 unspecified atom stereocenters. The van der Waals surface area contributed by atoms with Crippen molar-refractivity contribution < 1.29 is 0 Å². The van der Waals surface area contributed by atoms with Crippen molar-refractivity contribution in [1.29, 1.82) is 0 Å². The molecule has 15 heavy (non-hydrogen) atoms. The highest BCUT2D eigenvalue weighted by Crippen LogP contribution is 2.11. The number of rotatable bonds is 9. The standard InChI is InChI=1S/C12H28N2S/c1-6-13-9-7-8-11(2)14(4)12(3)10-15-5/h11-13H,6-10H2,1-5H3. The Morgan fingerprint density at radius 1 is 1.27 bits per heavy atom. The fourth-order valence-corrected chi connectivity index (χ4v) is 2.41. The van der Waals surface area contributed by atoms with E-state index in [0.717, 1.165) is 13.1 Å². The second-order valence-corrected chi connectivity index (χ2v) is 5.23. The van der Waals surface area contributed by atoms with Gasteiger partial charge in [-0.25, -0.2) is 0 Å². The van der Waals surface area contributed by atoms with Crippen LogP contribution in [0, 0.1) is 0 Å². The predicted octanol–water partition coefficient (Wildman–Crippen LogP) is 2.45. The van der Waals surface area contributed by atoms with Gasteiger partial charge in [-0.05, 0) is 53.1 Å². The molecule has 0 aromatic heterocycles. The molecular formula is C12H28N2S. The van der Waals surface area contributed by atoms with Crippen LogP contribution in [0.15, 0.2) is 0 Å². The van der Waals surface area contributed by atoms with E-state index in [-0.39, 0.29) is 0 Å². The van der Waals surface area contributed by atoms with Gasteiger partial charge in [-0.2, -0.15) is 11.8 Å². The molecule has 0 fully saturated rings. The zero-order chi connectivity index (χ0) is 11.7. The molecule has 0 aromatic carbocycles. The molecule has 0 aliphatic rings. The first-order valence-corrected chi connectivity index (χ1v) is 7.44. The van der Waals surface area contributed by atoms with Crippen molar-refractivity contribution in [2.24, 2.45) is 0 Å². The van der Waals surface area contributed by atoms with Gasteiger partial charge in [-0.15, -0.1) is 0 Å². The molecule has 0 saturated carbocycles. The Morgan fingerprint density at radius 2 is 1.93 bits per heavy atom. The van der Waals surface area contributed by atoms with E-state index in [2.05, 4.69) is 44.3 Å². The largest absolute Gasteiger partial charge is 0.317 e. The zero-order valence-corrected chi connectivity index (χ0v) is 11.9. The number of hydrogen-bond acceptors (Lipinski definition) is 3. The molecule has 0 rings (SSSR count). The summed E-state index contributed by atoms with van der Waals surface area (Å²) in [4.78, 5) is 2.50. The molecule has 2 atom stereocenters. The minimum absolute atomic E-state index is 0.689. The van der Waals surface area contributed by atoms with Crippen molar-refractivity contribution >= 4 is 11.8 Å². The first-order chi connectivity index (χ1) is 7.13. The third-order valence-electron chi connectivity index (χ3n) is 3.02. The van der Waals surface area contributed by atoms with Gasteiger partial charge in [0.25, 0.3) is 0 Å². The first-order valence-electron chi connectivity index (χ1n) is 6.05. The van der Waals surface area contributed by atoms with E-state index in [0.29, 0.717) is 12.1 Å². The Labute approximate surface area is 100 Å². The zero-order valence-electron chi connectivity index (χ0n) is 11.0. The SMILES string of the molecule is CCNCCCC(C)N(C)C(C)CSC. The molecular weight excluding hydrogens is 204 g/mol. The summed E-state index contributed by atoms with van der Waals surface area (Å²) in [5.74, 6) is 1.23. The second-order valence-electron chi connectivity index (χ2n) is 4.31. The summed E-state index contributed by atoms with van der Waals surface area (Å²) in [5.41, 5.74) is 0. The molecule has 0 aliphatic heterocycles. The molecule has 0 heterocycles. The molecule has 0 spiro atoms. The Balaban J connectivity index is 3.63. The van der Waals surface area contributed by atoms with E-state index in [9.17, 15) is 0 Å². The smallest absolute Gasteiger partial charge is 0.0157 e. The van der Waals surface area contributed by atoms with Crippen LogP contribution in [0.4, 0.5) is 0 Å². The normalized spacial score (nSPS) is 15.6. The van der Waals surface area contributed by atoms with E-state index in [1.54, 1.807) is 0 Å². The topological polar surface area (TPSA) is 15.3 Å². The van der Waals surface area contributed by atoms with Gasteiger partial charge < -0.3 is 10.2 Å². The monoisotopic (exact) mass is 232 g/mol. The number of thioether (sulfide) groups is 1. The molecule has 0 saturated heterocycles. The Bertz CT molecular complexity index is 142. The van der Waals surface area contributed by atoms with Crippen LogP contribution >= 0.6 is 11.8 Å². The van der Waals surface area contributed by atoms with Gasteiger partial charge in [0, 0.05) is 17.8 Å². The lowest BCUT2D eigenvalue weighted by Crippen LogP contribution is -2.38. The summed E-state index contributed by atoms with van der Waals surface area (Å²) >= 11 is 1.93. The number of hydrogen-bond donors (Lipinski definition) is 1. The summed E-state index contributed by atoms with van der Waals surface area (Å²) in [7, 11) is 2.25. The molecule has 2 nitrogen and oxygen atoms in total. The van der Waals surface area contributed by atoms with Gasteiger partial charge >= 0.3 is 0 Å². The van der Waals surface area contributed by atoms with Gasteiger partial charge in [-0.1, -0.05) is 6.92 Å². The van der Waals surface area contributed by atoms with Crippen molar-refractivity contribution in [3.8, 4) is 0 Å². The van der Waals surface area contributed by atoms with Gasteiger partial charge in [0.2, 0.25) is 0 Å². The van der Waals surface area contributed by atoms with Crippen LogP contribution in [0.2, 0.25) is 0 Å². The Hall–Kier alpha value is 0.270. The van der Waals surface area contributed by atoms with Crippen molar-refractivity contribution in [3.63, 3.8) is 0 Å². The summed E-state index contributed by atoms with van der Waals surface area (Å²) < 4.78 is 0. The lowest BCUT2D eigenvalue weighted by atomic mass is 10.1. The third-order valence-corrected chi connectivity index (χ3v) is 3.84. The van der Waals surface area contributed by atoms with Crippen molar-refractivity contribution in [2.45, 2.75) is 45.7 Å². The van der Waals surface area contributed by atoms with E-state index >= 15 is 0 Å². The van der Waals surface area contributed by atoms with Gasteiger partial charge in [0.15, 0.2) is 0 Å². The lowest BCUT2D eigenvalue weighted by molar-refractivity contribution is 0.199. The predicted molar refractivity (Wildman–Crippen MR) is 72.8 cm³/mol. The molecule has 3 heteroatoms. The van der Waals surface area contributed by atoms with Gasteiger partial charge in [-0.3, -0.25) is 0 Å². The summed E-state index contributed by atoms with van der Waals surface area (Å²) in [6.45, 7) is 9.06. The van der Waals surface area contributed by atoms with E-state index < -0.39 is 0 Å². The molecule has 0 bridgehead atoms. The highest BCUT2D eigenvalue weighted by atomic mass is 32.2. The molecule has 0 aromatic rings. The highest BCUT2D eigenvalue weighted by Gasteiger charge is 2.14. The molecule has 0 amide bonds. The van der Waals surface area contributed by atoms with Crippen LogP contribution in [0.3, 0.4) is 0 Å². The van der Waals surface area contributed by atoms with Crippen LogP contribution in [-0.4, -0.2) is 49.1 Å². The highest BCUT2D eigenvalue weighted by molar-refractivity contribution is 7.98. The quantitative estimate of drug-likeness (QED) is 0.615. The Morgan fingerprint density at radius 3 is 2.47 bits per heavy atom. The maximum atomic E-state index is 3.37. The van der Waals surface area contributed by atoms with E-state index in [4.69, 9.17) is 0 Å². The second kappa shape index (κ2) is 9.49. The average molecular weight is 232 g/mol. The van der Waals surface area contributed by atoms with Crippen LogP contribution in [0.5, 0.6) is 0 Å². The van der Waals surface area contributed by atoms with E-state index in [1.165, 1.54) is 18.6 Å². The van der Waals surface area contributed by atoms with Crippen molar-refractivity contribution in [3.05, 3.63) is 0 Å². The molecule has 0 aliphatic carbocycles. The Kier molecular flexibility index (Phi) is 9.66.